The van der Waals surface area contributed by atoms with Gasteiger partial charge in [0.2, 0.25) is 0 Å². The van der Waals surface area contributed by atoms with E-state index in [0.717, 1.165) is 29.0 Å². The molecule has 0 saturated carbocycles. The van der Waals surface area contributed by atoms with Gasteiger partial charge in [0.25, 0.3) is 11.8 Å². The summed E-state index contributed by atoms with van der Waals surface area (Å²) in [5, 5.41) is 0.724. The number of nitrogens with zero attached hydrogens (tertiary/aromatic N) is 1. The van der Waals surface area contributed by atoms with Crippen molar-refractivity contribution in [2.75, 3.05) is 6.54 Å². The third kappa shape index (κ3) is 4.30. The molecule has 0 radical (unpaired) electrons. The summed E-state index contributed by atoms with van der Waals surface area (Å²) >= 11 is 5.92. The van der Waals surface area contributed by atoms with Crippen LogP contribution in [0.1, 0.15) is 43.8 Å². The fourth-order valence-corrected chi connectivity index (χ4v) is 3.63. The summed E-state index contributed by atoms with van der Waals surface area (Å²) in [5.74, 6) is -0.379. The zero-order valence-electron chi connectivity index (χ0n) is 15.8. The molecular weight excluding hydrogens is 382 g/mol. The minimum absolute atomic E-state index is 0.190. The summed E-state index contributed by atoms with van der Waals surface area (Å²) < 4.78 is 0. The third-order valence-corrected chi connectivity index (χ3v) is 5.27. The molecule has 0 atom stereocenters. The lowest BCUT2D eigenvalue weighted by Gasteiger charge is -2.13. The van der Waals surface area contributed by atoms with Gasteiger partial charge >= 0.3 is 0 Å². The van der Waals surface area contributed by atoms with Crippen LogP contribution in [-0.4, -0.2) is 23.3 Å². The van der Waals surface area contributed by atoms with Crippen LogP contribution in [0.25, 0.3) is 12.2 Å². The van der Waals surface area contributed by atoms with Crippen LogP contribution in [0.5, 0.6) is 0 Å². The zero-order chi connectivity index (χ0) is 20.2. The van der Waals surface area contributed by atoms with E-state index in [-0.39, 0.29) is 11.8 Å². The molecule has 3 aromatic carbocycles. The summed E-state index contributed by atoms with van der Waals surface area (Å²) in [6, 6.07) is 23.0. The average molecular weight is 402 g/mol. The molecule has 1 aliphatic heterocycles. The Bertz CT molecular complexity index is 1050. The topological polar surface area (TPSA) is 37.4 Å². The molecule has 0 unspecified atom stereocenters. The van der Waals surface area contributed by atoms with Crippen molar-refractivity contribution in [3.63, 3.8) is 0 Å². The Labute approximate surface area is 175 Å². The van der Waals surface area contributed by atoms with Crippen LogP contribution >= 0.6 is 11.6 Å². The Morgan fingerprint density at radius 3 is 2.10 bits per heavy atom. The summed E-state index contributed by atoms with van der Waals surface area (Å²) in [7, 11) is 0. The summed E-state index contributed by atoms with van der Waals surface area (Å²) in [6.45, 7) is 0.428. The second-order valence-corrected chi connectivity index (χ2v) is 7.48. The average Bonchev–Trinajstić information content (AvgIpc) is 2.99. The maximum absolute atomic E-state index is 12.4. The van der Waals surface area contributed by atoms with E-state index in [9.17, 15) is 9.59 Å². The highest BCUT2D eigenvalue weighted by molar-refractivity contribution is 6.30. The maximum Gasteiger partial charge on any atom is 0.261 e. The Morgan fingerprint density at radius 1 is 0.759 bits per heavy atom. The first-order valence-corrected chi connectivity index (χ1v) is 9.97. The lowest BCUT2D eigenvalue weighted by Crippen LogP contribution is -2.30. The van der Waals surface area contributed by atoms with Crippen molar-refractivity contribution < 1.29 is 9.59 Å². The van der Waals surface area contributed by atoms with Gasteiger partial charge < -0.3 is 0 Å². The lowest BCUT2D eigenvalue weighted by molar-refractivity contribution is 0.0652. The van der Waals surface area contributed by atoms with Gasteiger partial charge in [-0.3, -0.25) is 14.5 Å². The van der Waals surface area contributed by atoms with Gasteiger partial charge in [-0.2, -0.15) is 0 Å². The van der Waals surface area contributed by atoms with Crippen LogP contribution in [0.3, 0.4) is 0 Å². The van der Waals surface area contributed by atoms with E-state index >= 15 is 0 Å². The molecule has 4 heteroatoms. The molecule has 0 fully saturated rings. The Kier molecular flexibility index (Phi) is 5.59. The molecule has 1 aliphatic rings. The number of hydrogen-bond acceptors (Lipinski definition) is 2. The summed E-state index contributed by atoms with van der Waals surface area (Å²) in [5.41, 5.74) is 4.39. The lowest BCUT2D eigenvalue weighted by atomic mass is 10.1. The van der Waals surface area contributed by atoms with E-state index in [1.165, 1.54) is 10.5 Å². The summed E-state index contributed by atoms with van der Waals surface area (Å²) in [4.78, 5) is 26.2. The Morgan fingerprint density at radius 2 is 1.41 bits per heavy atom. The first-order chi connectivity index (χ1) is 14.1. The van der Waals surface area contributed by atoms with Crippen LogP contribution in [0.2, 0.25) is 5.02 Å². The van der Waals surface area contributed by atoms with Crippen molar-refractivity contribution in [3.05, 3.63) is 106 Å². The van der Waals surface area contributed by atoms with Crippen LogP contribution in [0.15, 0.2) is 72.8 Å². The molecular formula is C25H20ClNO2. The quantitative estimate of drug-likeness (QED) is 0.390. The van der Waals surface area contributed by atoms with Gasteiger partial charge in [-0.1, -0.05) is 72.3 Å². The fraction of sp³-hybridized carbons (Fsp3) is 0.120. The van der Waals surface area contributed by atoms with Gasteiger partial charge in [0.05, 0.1) is 11.1 Å². The van der Waals surface area contributed by atoms with Gasteiger partial charge in [0.1, 0.15) is 0 Å². The highest BCUT2D eigenvalue weighted by Gasteiger charge is 2.34. The van der Waals surface area contributed by atoms with Crippen molar-refractivity contribution in [3.8, 4) is 0 Å². The number of amides is 2. The highest BCUT2D eigenvalue weighted by Crippen LogP contribution is 2.23. The van der Waals surface area contributed by atoms with E-state index in [4.69, 9.17) is 11.6 Å². The largest absolute Gasteiger partial charge is 0.274 e. The molecule has 0 spiro atoms. The number of carbonyl (C=O) groups excluding carboxylic acids is 2. The second kappa shape index (κ2) is 8.46. The number of benzene rings is 3. The number of rotatable bonds is 6. The Hall–Kier alpha value is -3.17. The minimum atomic E-state index is -0.190. The number of aryl methyl sites for hydroxylation is 1. The van der Waals surface area contributed by atoms with E-state index in [1.54, 1.807) is 24.3 Å². The van der Waals surface area contributed by atoms with Crippen LogP contribution in [0.4, 0.5) is 0 Å². The molecule has 0 aromatic heterocycles. The molecule has 1 heterocycles. The number of fused-ring (bicyclic) bond motifs is 1. The Balaban J connectivity index is 1.36. The maximum atomic E-state index is 12.4. The number of imide groups is 1. The molecule has 2 amide bonds. The van der Waals surface area contributed by atoms with Crippen molar-refractivity contribution in [2.45, 2.75) is 12.8 Å². The predicted molar refractivity (Wildman–Crippen MR) is 117 cm³/mol. The van der Waals surface area contributed by atoms with Crippen molar-refractivity contribution in [2.24, 2.45) is 0 Å². The number of hydrogen-bond donors (Lipinski definition) is 0. The first-order valence-electron chi connectivity index (χ1n) is 9.59. The molecule has 0 saturated heterocycles. The normalized spacial score (nSPS) is 13.3. The smallest absolute Gasteiger partial charge is 0.261 e. The third-order valence-electron chi connectivity index (χ3n) is 5.01. The molecule has 0 aliphatic carbocycles. The van der Waals surface area contributed by atoms with E-state index in [2.05, 4.69) is 24.3 Å². The molecule has 0 N–H and O–H groups in total. The molecule has 3 nitrogen and oxygen atoms in total. The van der Waals surface area contributed by atoms with Gasteiger partial charge in [0, 0.05) is 11.6 Å². The van der Waals surface area contributed by atoms with Gasteiger partial charge in [-0.15, -0.1) is 0 Å². The highest BCUT2D eigenvalue weighted by atomic mass is 35.5. The standard InChI is InChI=1S/C25H20ClNO2/c26-21-14-12-18(13-15-21)10-11-20-6-3-5-19(17-20)7-4-16-27-24(28)22-8-1-2-9-23(22)25(27)29/h1-3,5-6,8-15,17H,4,7,16H2/b11-10-. The van der Waals surface area contributed by atoms with Crippen LogP contribution in [0, 0.1) is 0 Å². The van der Waals surface area contributed by atoms with Gasteiger partial charge in [-0.05, 0) is 53.8 Å². The van der Waals surface area contributed by atoms with Crippen molar-refractivity contribution >= 4 is 35.6 Å². The molecule has 29 heavy (non-hydrogen) atoms. The first kappa shape index (κ1) is 19.2. The second-order valence-electron chi connectivity index (χ2n) is 7.04. The van der Waals surface area contributed by atoms with Crippen LogP contribution < -0.4 is 0 Å². The molecule has 144 valence electrons. The number of halogens is 1. The van der Waals surface area contributed by atoms with E-state index in [1.807, 2.05) is 36.4 Å². The van der Waals surface area contributed by atoms with Gasteiger partial charge in [-0.25, -0.2) is 0 Å². The van der Waals surface area contributed by atoms with Crippen molar-refractivity contribution in [1.82, 2.24) is 4.90 Å². The number of carbonyl (C=O) groups is 2. The SMILES string of the molecule is O=C1c2ccccc2C(=O)N1CCCc1cccc(/C=C\c2ccc(Cl)cc2)c1. The van der Waals surface area contributed by atoms with E-state index in [0.29, 0.717) is 17.7 Å². The van der Waals surface area contributed by atoms with E-state index < -0.39 is 0 Å². The van der Waals surface area contributed by atoms with Crippen molar-refractivity contribution in [1.29, 1.82) is 0 Å². The van der Waals surface area contributed by atoms with Crippen LogP contribution in [-0.2, 0) is 6.42 Å². The van der Waals surface area contributed by atoms with Gasteiger partial charge in [0.15, 0.2) is 0 Å². The zero-order valence-corrected chi connectivity index (χ0v) is 16.6. The minimum Gasteiger partial charge on any atom is -0.274 e. The fourth-order valence-electron chi connectivity index (χ4n) is 3.50. The summed E-state index contributed by atoms with van der Waals surface area (Å²) in [6.07, 6.45) is 5.65. The predicted octanol–water partition coefficient (Wildman–Crippen LogP) is 5.74. The molecule has 0 bridgehead atoms. The molecule has 3 aromatic rings. The monoisotopic (exact) mass is 401 g/mol. The molecule has 4 rings (SSSR count).